The fraction of sp³-hybridized carbons (Fsp3) is 0.684. The lowest BCUT2D eigenvalue weighted by molar-refractivity contribution is -0.0916. The van der Waals surface area contributed by atoms with E-state index in [9.17, 15) is 18.3 Å². The second kappa shape index (κ2) is 8.75. The number of halogens is 3. The third-order valence-corrected chi connectivity index (χ3v) is 3.99. The van der Waals surface area contributed by atoms with Crippen molar-refractivity contribution in [2.24, 2.45) is 5.92 Å². The number of ether oxygens (including phenoxy) is 1. The summed E-state index contributed by atoms with van der Waals surface area (Å²) in [6, 6.07) is 0. The number of aliphatic hydroxyl groups is 1. The average molecular weight is 346 g/mol. The number of unbranched alkanes of at least 4 members (excludes halogenated alkanes) is 1. The van der Waals surface area contributed by atoms with Gasteiger partial charge < -0.3 is 9.84 Å². The number of allylic oxidation sites excluding steroid dienone is 3. The Morgan fingerprint density at radius 2 is 1.92 bits per heavy atom. The van der Waals surface area contributed by atoms with E-state index in [1.807, 2.05) is 20.8 Å². The van der Waals surface area contributed by atoms with Crippen LogP contribution in [0.15, 0.2) is 35.1 Å². The van der Waals surface area contributed by atoms with E-state index in [1.165, 1.54) is 12.2 Å². The molecule has 0 aromatic carbocycles. The molecule has 0 aromatic heterocycles. The smallest absolute Gasteiger partial charge is 0.416 e. The van der Waals surface area contributed by atoms with Crippen LogP contribution in [-0.4, -0.2) is 23.5 Å². The van der Waals surface area contributed by atoms with Gasteiger partial charge >= 0.3 is 6.18 Å². The van der Waals surface area contributed by atoms with Crippen molar-refractivity contribution in [3.8, 4) is 0 Å². The van der Waals surface area contributed by atoms with Crippen molar-refractivity contribution in [3.63, 3.8) is 0 Å². The Balaban J connectivity index is 3.10. The first-order valence-corrected chi connectivity index (χ1v) is 8.65. The summed E-state index contributed by atoms with van der Waals surface area (Å²) in [6.07, 6.45) is 2.29. The summed E-state index contributed by atoms with van der Waals surface area (Å²) in [5.41, 5.74) is -2.15. The van der Waals surface area contributed by atoms with Gasteiger partial charge in [-0.3, -0.25) is 0 Å². The first-order valence-electron chi connectivity index (χ1n) is 8.65. The molecule has 138 valence electrons. The molecule has 0 amide bonds. The second-order valence-electron chi connectivity index (χ2n) is 6.72. The van der Waals surface area contributed by atoms with Gasteiger partial charge in [-0.1, -0.05) is 33.3 Å². The Bertz CT molecular complexity index is 495. The lowest BCUT2D eigenvalue weighted by atomic mass is 9.95. The molecular formula is C19H29F3O2. The number of hydrogen-bond donors (Lipinski definition) is 1. The molecule has 0 bridgehead atoms. The van der Waals surface area contributed by atoms with Crippen molar-refractivity contribution in [2.45, 2.75) is 71.6 Å². The minimum atomic E-state index is -4.53. The van der Waals surface area contributed by atoms with Gasteiger partial charge in [0.15, 0.2) is 0 Å². The van der Waals surface area contributed by atoms with Crippen LogP contribution in [0.5, 0.6) is 0 Å². The van der Waals surface area contributed by atoms with Crippen molar-refractivity contribution in [1.82, 2.24) is 0 Å². The zero-order chi connectivity index (χ0) is 18.4. The van der Waals surface area contributed by atoms with Gasteiger partial charge in [0.25, 0.3) is 0 Å². The van der Waals surface area contributed by atoms with Crippen molar-refractivity contribution in [3.05, 3.63) is 35.1 Å². The number of alkyl halides is 3. The molecule has 0 unspecified atom stereocenters. The topological polar surface area (TPSA) is 29.5 Å². The highest BCUT2D eigenvalue weighted by Gasteiger charge is 2.50. The second-order valence-corrected chi connectivity index (χ2v) is 6.72. The summed E-state index contributed by atoms with van der Waals surface area (Å²) in [7, 11) is 0. The quantitative estimate of drug-likeness (QED) is 0.429. The van der Waals surface area contributed by atoms with Crippen LogP contribution in [0.3, 0.4) is 0 Å². The molecule has 24 heavy (non-hydrogen) atoms. The third kappa shape index (κ3) is 6.34. The minimum Gasteiger partial charge on any atom is -0.494 e. The van der Waals surface area contributed by atoms with Crippen LogP contribution in [0.4, 0.5) is 13.2 Å². The zero-order valence-electron chi connectivity index (χ0n) is 15.0. The predicted molar refractivity (Wildman–Crippen MR) is 90.5 cm³/mol. The lowest BCUT2D eigenvalue weighted by Crippen LogP contribution is -2.23. The highest BCUT2D eigenvalue weighted by molar-refractivity contribution is 5.47. The first kappa shape index (κ1) is 20.8. The molecule has 0 spiro atoms. The SMILES string of the molecule is C\C=C(/C=C(\C(=C\CCC)C1(O)CC1)C(F)(F)F)OCCC(C)C. The molecule has 0 atom stereocenters. The zero-order valence-corrected chi connectivity index (χ0v) is 15.0. The fourth-order valence-electron chi connectivity index (χ4n) is 2.30. The van der Waals surface area contributed by atoms with Crippen LogP contribution in [0.25, 0.3) is 0 Å². The normalized spacial score (nSPS) is 19.0. The maximum absolute atomic E-state index is 13.6. The van der Waals surface area contributed by atoms with Crippen molar-refractivity contribution < 1.29 is 23.0 Å². The minimum absolute atomic E-state index is 0.0105. The van der Waals surface area contributed by atoms with Crippen LogP contribution in [-0.2, 0) is 4.74 Å². The van der Waals surface area contributed by atoms with Gasteiger partial charge in [0.2, 0.25) is 0 Å². The van der Waals surface area contributed by atoms with Crippen LogP contribution in [0, 0.1) is 5.92 Å². The van der Waals surface area contributed by atoms with E-state index < -0.39 is 17.4 Å². The number of hydrogen-bond acceptors (Lipinski definition) is 2. The van der Waals surface area contributed by atoms with Crippen LogP contribution < -0.4 is 0 Å². The summed E-state index contributed by atoms with van der Waals surface area (Å²) in [6.45, 7) is 7.98. The van der Waals surface area contributed by atoms with Gasteiger partial charge in [0, 0.05) is 0 Å². The molecule has 0 saturated heterocycles. The maximum Gasteiger partial charge on any atom is 0.416 e. The molecule has 1 aliphatic carbocycles. The highest BCUT2D eigenvalue weighted by Crippen LogP contribution is 2.49. The van der Waals surface area contributed by atoms with E-state index in [4.69, 9.17) is 4.74 Å². The Kier molecular flexibility index (Phi) is 7.58. The Labute approximate surface area is 143 Å². The highest BCUT2D eigenvalue weighted by atomic mass is 19.4. The van der Waals surface area contributed by atoms with Crippen molar-refractivity contribution in [1.29, 1.82) is 0 Å². The molecule has 1 N–H and O–H groups in total. The van der Waals surface area contributed by atoms with Crippen molar-refractivity contribution >= 4 is 0 Å². The average Bonchev–Trinajstić information content (AvgIpc) is 3.21. The number of rotatable bonds is 9. The molecule has 1 saturated carbocycles. The first-order chi connectivity index (χ1) is 11.1. The Morgan fingerprint density at radius 3 is 2.33 bits per heavy atom. The molecule has 5 heteroatoms. The van der Waals surface area contributed by atoms with Crippen LogP contribution >= 0.6 is 0 Å². The van der Waals surface area contributed by atoms with E-state index in [0.29, 0.717) is 31.8 Å². The van der Waals surface area contributed by atoms with Gasteiger partial charge in [0.05, 0.1) is 17.8 Å². The van der Waals surface area contributed by atoms with E-state index >= 15 is 0 Å². The summed E-state index contributed by atoms with van der Waals surface area (Å²) < 4.78 is 46.3. The van der Waals surface area contributed by atoms with E-state index in [0.717, 1.165) is 18.9 Å². The lowest BCUT2D eigenvalue weighted by Gasteiger charge is -2.21. The van der Waals surface area contributed by atoms with E-state index in [-0.39, 0.29) is 11.3 Å². The summed E-state index contributed by atoms with van der Waals surface area (Å²) in [5, 5.41) is 10.3. The molecule has 0 radical (unpaired) electrons. The molecule has 2 nitrogen and oxygen atoms in total. The standard InChI is InChI=1S/C19H29F3O2/c1-5-7-8-16(18(23)10-11-18)17(19(20,21)22)13-15(6-2)24-12-9-14(3)4/h6,8,13-14,23H,5,7,9-12H2,1-4H3/b15-6+,16-8-,17-13+. The summed E-state index contributed by atoms with van der Waals surface area (Å²) in [5.74, 6) is 0.607. The Hall–Kier alpha value is -1.23. The predicted octanol–water partition coefficient (Wildman–Crippen LogP) is 5.69. The maximum atomic E-state index is 13.6. The van der Waals surface area contributed by atoms with Crippen LogP contribution in [0.2, 0.25) is 0 Å². The van der Waals surface area contributed by atoms with E-state index in [1.54, 1.807) is 6.92 Å². The fourth-order valence-corrected chi connectivity index (χ4v) is 2.30. The largest absolute Gasteiger partial charge is 0.494 e. The van der Waals surface area contributed by atoms with Gasteiger partial charge in [0.1, 0.15) is 5.76 Å². The molecule has 1 rings (SSSR count). The molecule has 0 heterocycles. The van der Waals surface area contributed by atoms with Gasteiger partial charge in [-0.15, -0.1) is 0 Å². The van der Waals surface area contributed by atoms with Crippen LogP contribution in [0.1, 0.15) is 59.8 Å². The molecular weight excluding hydrogens is 317 g/mol. The van der Waals surface area contributed by atoms with Gasteiger partial charge in [-0.05, 0) is 56.3 Å². The molecule has 1 aliphatic rings. The van der Waals surface area contributed by atoms with Gasteiger partial charge in [-0.2, -0.15) is 13.2 Å². The van der Waals surface area contributed by atoms with Crippen molar-refractivity contribution in [2.75, 3.05) is 6.61 Å². The monoisotopic (exact) mass is 346 g/mol. The summed E-state index contributed by atoms with van der Waals surface area (Å²) >= 11 is 0. The molecule has 1 fully saturated rings. The molecule has 0 aromatic rings. The Morgan fingerprint density at radius 1 is 1.29 bits per heavy atom. The van der Waals surface area contributed by atoms with Gasteiger partial charge in [-0.25, -0.2) is 0 Å². The summed E-state index contributed by atoms with van der Waals surface area (Å²) in [4.78, 5) is 0. The third-order valence-electron chi connectivity index (χ3n) is 3.99. The van der Waals surface area contributed by atoms with E-state index in [2.05, 4.69) is 0 Å². The molecule has 0 aliphatic heterocycles.